The summed E-state index contributed by atoms with van der Waals surface area (Å²) in [6, 6.07) is 0. The second-order valence-electron chi connectivity index (χ2n) is 6.01. The van der Waals surface area contributed by atoms with Gasteiger partial charge in [-0.1, -0.05) is 0 Å². The summed E-state index contributed by atoms with van der Waals surface area (Å²) < 4.78 is 6.06. The summed E-state index contributed by atoms with van der Waals surface area (Å²) in [5.41, 5.74) is 1.24. The SMILES string of the molecule is CNCC1CCCc2sc(C3(C)CCCCO3)nc21. The maximum absolute atomic E-state index is 6.06. The summed E-state index contributed by atoms with van der Waals surface area (Å²) in [5.74, 6) is 0.603. The van der Waals surface area contributed by atoms with Crippen LogP contribution in [0, 0.1) is 0 Å². The topological polar surface area (TPSA) is 34.1 Å². The van der Waals surface area contributed by atoms with E-state index in [1.165, 1.54) is 47.7 Å². The van der Waals surface area contributed by atoms with E-state index in [0.717, 1.165) is 19.6 Å². The number of likely N-dealkylation sites (N-methyl/N-ethyl adjacent to an activating group) is 1. The lowest BCUT2D eigenvalue weighted by Crippen LogP contribution is -2.30. The highest BCUT2D eigenvalue weighted by Gasteiger charge is 2.35. The quantitative estimate of drug-likeness (QED) is 0.923. The first-order valence-corrected chi connectivity index (χ1v) is 8.33. The molecular formula is C15H24N2OS. The molecule has 1 fully saturated rings. The lowest BCUT2D eigenvalue weighted by atomic mass is 9.91. The van der Waals surface area contributed by atoms with Gasteiger partial charge in [0.25, 0.3) is 0 Å². The van der Waals surface area contributed by atoms with E-state index in [4.69, 9.17) is 9.72 Å². The molecule has 19 heavy (non-hydrogen) atoms. The fraction of sp³-hybridized carbons (Fsp3) is 0.800. The molecule has 2 aliphatic rings. The van der Waals surface area contributed by atoms with Gasteiger partial charge in [-0.3, -0.25) is 0 Å². The van der Waals surface area contributed by atoms with Crippen molar-refractivity contribution in [2.75, 3.05) is 20.2 Å². The van der Waals surface area contributed by atoms with Crippen LogP contribution in [0.5, 0.6) is 0 Å². The van der Waals surface area contributed by atoms with Crippen LogP contribution >= 0.6 is 11.3 Å². The Balaban J connectivity index is 1.88. The fourth-order valence-corrected chi connectivity index (χ4v) is 4.60. The standard InChI is InChI=1S/C15H24N2OS/c1-15(8-3-4-9-18-15)14-17-13-11(10-16-2)6-5-7-12(13)19-14/h11,16H,3-10H2,1-2H3. The van der Waals surface area contributed by atoms with Crippen molar-refractivity contribution in [3.63, 3.8) is 0 Å². The van der Waals surface area contributed by atoms with E-state index in [1.807, 2.05) is 18.4 Å². The van der Waals surface area contributed by atoms with Crippen LogP contribution < -0.4 is 5.32 Å². The van der Waals surface area contributed by atoms with Gasteiger partial charge in [-0.15, -0.1) is 11.3 Å². The van der Waals surface area contributed by atoms with Crippen LogP contribution in [0.3, 0.4) is 0 Å². The Morgan fingerprint density at radius 1 is 1.42 bits per heavy atom. The van der Waals surface area contributed by atoms with E-state index in [0.29, 0.717) is 5.92 Å². The van der Waals surface area contributed by atoms with Crippen LogP contribution in [-0.4, -0.2) is 25.2 Å². The van der Waals surface area contributed by atoms with Crippen LogP contribution in [0.2, 0.25) is 0 Å². The summed E-state index contributed by atoms with van der Waals surface area (Å²) in [6.07, 6.45) is 7.37. The summed E-state index contributed by atoms with van der Waals surface area (Å²) in [7, 11) is 2.03. The number of aryl methyl sites for hydroxylation is 1. The third-order valence-corrected chi connectivity index (χ3v) is 5.82. The lowest BCUT2D eigenvalue weighted by molar-refractivity contribution is -0.0703. The molecule has 1 aromatic rings. The molecule has 1 aliphatic carbocycles. The van der Waals surface area contributed by atoms with Crippen molar-refractivity contribution in [3.05, 3.63) is 15.6 Å². The number of nitrogens with one attached hydrogen (secondary N) is 1. The molecule has 3 nitrogen and oxygen atoms in total. The van der Waals surface area contributed by atoms with Crippen LogP contribution in [0.1, 0.15) is 60.5 Å². The van der Waals surface area contributed by atoms with Gasteiger partial charge in [0, 0.05) is 23.9 Å². The minimum absolute atomic E-state index is 0.121. The Bertz CT molecular complexity index is 437. The average Bonchev–Trinajstić information content (AvgIpc) is 2.86. The van der Waals surface area contributed by atoms with Gasteiger partial charge in [-0.2, -0.15) is 0 Å². The highest BCUT2D eigenvalue weighted by molar-refractivity contribution is 7.11. The molecule has 0 bridgehead atoms. The first-order chi connectivity index (χ1) is 9.23. The first-order valence-electron chi connectivity index (χ1n) is 7.51. The second kappa shape index (κ2) is 5.51. The minimum atomic E-state index is -0.121. The summed E-state index contributed by atoms with van der Waals surface area (Å²) in [4.78, 5) is 6.51. The number of fused-ring (bicyclic) bond motifs is 1. The zero-order chi connectivity index (χ0) is 13.3. The number of aromatic nitrogens is 1. The first kappa shape index (κ1) is 13.5. The van der Waals surface area contributed by atoms with Gasteiger partial charge in [-0.25, -0.2) is 4.98 Å². The average molecular weight is 280 g/mol. The van der Waals surface area contributed by atoms with E-state index < -0.39 is 0 Å². The molecule has 1 aromatic heterocycles. The molecule has 2 heterocycles. The molecule has 4 heteroatoms. The lowest BCUT2D eigenvalue weighted by Gasteiger charge is -2.31. The van der Waals surface area contributed by atoms with Gasteiger partial charge in [0.05, 0.1) is 5.69 Å². The Hall–Kier alpha value is -0.450. The third-order valence-electron chi connectivity index (χ3n) is 4.44. The molecule has 0 aromatic carbocycles. The minimum Gasteiger partial charge on any atom is -0.368 e. The van der Waals surface area contributed by atoms with Crippen molar-refractivity contribution in [2.24, 2.45) is 0 Å². The van der Waals surface area contributed by atoms with E-state index in [-0.39, 0.29) is 5.60 Å². The number of ether oxygens (including phenoxy) is 1. The largest absolute Gasteiger partial charge is 0.368 e. The van der Waals surface area contributed by atoms with Crippen LogP contribution in [0.15, 0.2) is 0 Å². The highest BCUT2D eigenvalue weighted by atomic mass is 32.1. The zero-order valence-electron chi connectivity index (χ0n) is 12.0. The Kier molecular flexibility index (Phi) is 3.92. The second-order valence-corrected chi connectivity index (χ2v) is 7.09. The Labute approximate surface area is 119 Å². The summed E-state index contributed by atoms with van der Waals surface area (Å²) >= 11 is 1.91. The molecule has 1 aliphatic heterocycles. The van der Waals surface area contributed by atoms with Crippen molar-refractivity contribution in [1.29, 1.82) is 0 Å². The van der Waals surface area contributed by atoms with Crippen molar-refractivity contribution in [1.82, 2.24) is 10.3 Å². The smallest absolute Gasteiger partial charge is 0.125 e. The molecule has 0 amide bonds. The van der Waals surface area contributed by atoms with Crippen molar-refractivity contribution < 1.29 is 4.74 Å². The maximum Gasteiger partial charge on any atom is 0.125 e. The molecule has 0 spiro atoms. The van der Waals surface area contributed by atoms with E-state index >= 15 is 0 Å². The predicted molar refractivity (Wildman–Crippen MR) is 78.9 cm³/mol. The normalized spacial score (nSPS) is 31.2. The fourth-order valence-electron chi connectivity index (χ4n) is 3.28. The molecule has 106 valence electrons. The van der Waals surface area contributed by atoms with Gasteiger partial charge in [0.1, 0.15) is 10.6 Å². The van der Waals surface area contributed by atoms with Crippen LogP contribution in [-0.2, 0) is 16.8 Å². The number of rotatable bonds is 3. The van der Waals surface area contributed by atoms with Crippen molar-refractivity contribution in [2.45, 2.75) is 57.0 Å². The van der Waals surface area contributed by atoms with E-state index in [2.05, 4.69) is 12.2 Å². The molecule has 3 rings (SSSR count). The van der Waals surface area contributed by atoms with E-state index in [1.54, 1.807) is 0 Å². The van der Waals surface area contributed by atoms with Crippen LogP contribution in [0.4, 0.5) is 0 Å². The van der Waals surface area contributed by atoms with Crippen molar-refractivity contribution in [3.8, 4) is 0 Å². The number of hydrogen-bond acceptors (Lipinski definition) is 4. The summed E-state index contributed by atoms with van der Waals surface area (Å²) in [5, 5.41) is 4.53. The molecule has 1 saturated heterocycles. The van der Waals surface area contributed by atoms with Gasteiger partial charge in [-0.05, 0) is 52.5 Å². The molecule has 0 radical (unpaired) electrons. The number of thiazole rings is 1. The monoisotopic (exact) mass is 280 g/mol. The zero-order valence-corrected chi connectivity index (χ0v) is 12.8. The predicted octanol–water partition coefficient (Wildman–Crippen LogP) is 3.20. The van der Waals surface area contributed by atoms with Gasteiger partial charge in [0.2, 0.25) is 0 Å². The number of hydrogen-bond donors (Lipinski definition) is 1. The molecule has 2 unspecified atom stereocenters. The van der Waals surface area contributed by atoms with Gasteiger partial charge in [0.15, 0.2) is 0 Å². The molecule has 1 N–H and O–H groups in total. The Morgan fingerprint density at radius 3 is 3.05 bits per heavy atom. The number of nitrogens with zero attached hydrogens (tertiary/aromatic N) is 1. The highest BCUT2D eigenvalue weighted by Crippen LogP contribution is 2.42. The maximum atomic E-state index is 6.06. The molecular weight excluding hydrogens is 256 g/mol. The van der Waals surface area contributed by atoms with Crippen molar-refractivity contribution >= 4 is 11.3 Å². The third kappa shape index (κ3) is 2.58. The van der Waals surface area contributed by atoms with E-state index in [9.17, 15) is 0 Å². The van der Waals surface area contributed by atoms with Crippen LogP contribution in [0.25, 0.3) is 0 Å². The molecule has 0 saturated carbocycles. The van der Waals surface area contributed by atoms with Gasteiger partial charge < -0.3 is 10.1 Å². The molecule has 2 atom stereocenters. The van der Waals surface area contributed by atoms with Gasteiger partial charge >= 0.3 is 0 Å². The Morgan fingerprint density at radius 2 is 2.32 bits per heavy atom. The summed E-state index contributed by atoms with van der Waals surface area (Å²) in [6.45, 7) is 4.16.